The van der Waals surface area contributed by atoms with Crippen LogP contribution >= 0.6 is 0 Å². The first-order chi connectivity index (χ1) is 17.0. The SMILES string of the molecule is CC(=O)n1cc([C@H]2C=C(C(=O)NC3CC4CCC3C4)O[C@@H](OCCOCCO)C2)c2ccccc21. The predicted octanol–water partition coefficient (Wildman–Crippen LogP) is 3.35. The Morgan fingerprint density at radius 3 is 2.74 bits per heavy atom. The number of carbonyl (C=O) groups excluding carboxylic acids is 2. The summed E-state index contributed by atoms with van der Waals surface area (Å²) in [6.45, 7) is 2.36. The van der Waals surface area contributed by atoms with Crippen LogP contribution in [-0.2, 0) is 19.0 Å². The van der Waals surface area contributed by atoms with Gasteiger partial charge in [0.05, 0.1) is 31.9 Å². The second-order valence-electron chi connectivity index (χ2n) is 9.87. The van der Waals surface area contributed by atoms with E-state index in [4.69, 9.17) is 19.3 Å². The van der Waals surface area contributed by atoms with E-state index in [0.717, 1.165) is 28.8 Å². The number of aliphatic hydroxyl groups excluding tert-OH is 1. The largest absolute Gasteiger partial charge is 0.459 e. The van der Waals surface area contributed by atoms with Gasteiger partial charge in [0.1, 0.15) is 0 Å². The fourth-order valence-corrected chi connectivity index (χ4v) is 5.96. The maximum absolute atomic E-state index is 13.3. The number of amides is 1. The first-order valence-electron chi connectivity index (χ1n) is 12.6. The second kappa shape index (κ2) is 10.5. The molecule has 2 heterocycles. The monoisotopic (exact) mass is 482 g/mol. The molecule has 0 saturated heterocycles. The van der Waals surface area contributed by atoms with Gasteiger partial charge in [-0.1, -0.05) is 24.6 Å². The van der Waals surface area contributed by atoms with Crippen LogP contribution in [0, 0.1) is 11.8 Å². The molecule has 3 unspecified atom stereocenters. The zero-order valence-electron chi connectivity index (χ0n) is 20.2. The highest BCUT2D eigenvalue weighted by molar-refractivity contribution is 5.95. The molecule has 5 rings (SSSR count). The molecule has 35 heavy (non-hydrogen) atoms. The van der Waals surface area contributed by atoms with Crippen molar-refractivity contribution in [2.24, 2.45) is 11.8 Å². The third-order valence-electron chi connectivity index (χ3n) is 7.58. The minimum absolute atomic E-state index is 0.0434. The number of aliphatic hydroxyl groups is 1. The van der Waals surface area contributed by atoms with Crippen LogP contribution in [0.4, 0.5) is 0 Å². The minimum Gasteiger partial charge on any atom is -0.459 e. The highest BCUT2D eigenvalue weighted by Crippen LogP contribution is 2.44. The predicted molar refractivity (Wildman–Crippen MR) is 130 cm³/mol. The summed E-state index contributed by atoms with van der Waals surface area (Å²) in [5.41, 5.74) is 1.81. The summed E-state index contributed by atoms with van der Waals surface area (Å²) in [5, 5.41) is 13.1. The first-order valence-corrected chi connectivity index (χ1v) is 12.6. The third-order valence-corrected chi connectivity index (χ3v) is 7.58. The topological polar surface area (TPSA) is 99.0 Å². The van der Waals surface area contributed by atoms with Gasteiger partial charge < -0.3 is 24.6 Å². The Kier molecular flexibility index (Phi) is 7.22. The van der Waals surface area contributed by atoms with E-state index in [-0.39, 0.29) is 49.4 Å². The van der Waals surface area contributed by atoms with Crippen molar-refractivity contribution >= 4 is 22.7 Å². The number of nitrogens with one attached hydrogen (secondary N) is 1. The first kappa shape index (κ1) is 24.0. The fourth-order valence-electron chi connectivity index (χ4n) is 5.96. The Bertz CT molecular complexity index is 1110. The summed E-state index contributed by atoms with van der Waals surface area (Å²) in [7, 11) is 0. The van der Waals surface area contributed by atoms with E-state index in [9.17, 15) is 9.59 Å². The normalized spacial score (nSPS) is 27.6. The van der Waals surface area contributed by atoms with Gasteiger partial charge in [-0.3, -0.25) is 14.2 Å². The number of carbonyl (C=O) groups is 2. The Hall–Kier alpha value is -2.68. The van der Waals surface area contributed by atoms with Crippen LogP contribution in [0.3, 0.4) is 0 Å². The van der Waals surface area contributed by atoms with Gasteiger partial charge in [0.25, 0.3) is 5.91 Å². The molecule has 0 spiro atoms. The fraction of sp³-hybridized carbons (Fsp3) is 0.556. The summed E-state index contributed by atoms with van der Waals surface area (Å²) >= 11 is 0. The molecule has 2 aliphatic carbocycles. The number of fused-ring (bicyclic) bond motifs is 3. The zero-order valence-corrected chi connectivity index (χ0v) is 20.2. The van der Waals surface area contributed by atoms with Gasteiger partial charge in [-0.2, -0.15) is 0 Å². The highest BCUT2D eigenvalue weighted by Gasteiger charge is 2.41. The molecule has 8 heteroatoms. The summed E-state index contributed by atoms with van der Waals surface area (Å²) in [6.07, 6.45) is 8.33. The zero-order chi connectivity index (χ0) is 24.4. The molecule has 1 aliphatic heterocycles. The molecule has 188 valence electrons. The lowest BCUT2D eigenvalue weighted by Gasteiger charge is -2.30. The molecular weight excluding hydrogens is 448 g/mol. The van der Waals surface area contributed by atoms with Crippen molar-refractivity contribution in [3.63, 3.8) is 0 Å². The average Bonchev–Trinajstić information content (AvgIpc) is 3.58. The van der Waals surface area contributed by atoms with Crippen molar-refractivity contribution in [3.05, 3.63) is 47.9 Å². The molecule has 2 bridgehead atoms. The van der Waals surface area contributed by atoms with Gasteiger partial charge in [-0.05, 0) is 48.8 Å². The van der Waals surface area contributed by atoms with E-state index in [1.807, 2.05) is 36.5 Å². The highest BCUT2D eigenvalue weighted by atomic mass is 16.7. The van der Waals surface area contributed by atoms with Crippen LogP contribution in [0.1, 0.15) is 55.3 Å². The van der Waals surface area contributed by atoms with E-state index in [2.05, 4.69) is 5.32 Å². The number of para-hydroxylation sites is 1. The molecule has 8 nitrogen and oxygen atoms in total. The molecule has 0 radical (unpaired) electrons. The Morgan fingerprint density at radius 2 is 2.00 bits per heavy atom. The smallest absolute Gasteiger partial charge is 0.286 e. The van der Waals surface area contributed by atoms with E-state index >= 15 is 0 Å². The number of hydrogen-bond acceptors (Lipinski definition) is 6. The van der Waals surface area contributed by atoms with E-state index in [1.54, 1.807) is 11.5 Å². The molecule has 2 fully saturated rings. The van der Waals surface area contributed by atoms with Crippen molar-refractivity contribution in [3.8, 4) is 0 Å². The number of benzene rings is 1. The lowest BCUT2D eigenvalue weighted by Crippen LogP contribution is -2.41. The van der Waals surface area contributed by atoms with Gasteiger partial charge in [-0.25, -0.2) is 0 Å². The van der Waals surface area contributed by atoms with Crippen molar-refractivity contribution in [1.82, 2.24) is 9.88 Å². The maximum Gasteiger partial charge on any atom is 0.286 e. The molecular formula is C27H34N2O6. The molecule has 2 saturated carbocycles. The lowest BCUT2D eigenvalue weighted by molar-refractivity contribution is -0.151. The Morgan fingerprint density at radius 1 is 1.14 bits per heavy atom. The third kappa shape index (κ3) is 5.15. The van der Waals surface area contributed by atoms with Crippen LogP contribution in [0.25, 0.3) is 10.9 Å². The molecule has 5 atom stereocenters. The summed E-state index contributed by atoms with van der Waals surface area (Å²) in [5.74, 6) is 1.14. The van der Waals surface area contributed by atoms with Crippen LogP contribution in [0.15, 0.2) is 42.3 Å². The molecule has 1 aromatic heterocycles. The lowest BCUT2D eigenvalue weighted by atomic mass is 9.92. The van der Waals surface area contributed by atoms with Gasteiger partial charge in [-0.15, -0.1) is 0 Å². The van der Waals surface area contributed by atoms with E-state index in [1.165, 1.54) is 19.3 Å². The van der Waals surface area contributed by atoms with Crippen molar-refractivity contribution in [1.29, 1.82) is 0 Å². The number of aromatic nitrogens is 1. The summed E-state index contributed by atoms with van der Waals surface area (Å²) in [4.78, 5) is 25.6. The minimum atomic E-state index is -0.622. The average molecular weight is 483 g/mol. The second-order valence-corrected chi connectivity index (χ2v) is 9.87. The van der Waals surface area contributed by atoms with Crippen LogP contribution in [0.5, 0.6) is 0 Å². The Balaban J connectivity index is 1.38. The number of hydrogen-bond donors (Lipinski definition) is 2. The number of allylic oxidation sites excluding steroid dienone is 1. The molecule has 2 aromatic rings. The standard InChI is InChI=1S/C27H34N2O6/c1-17(31)29-16-22(21-4-2-3-5-24(21)29)20-14-25(35-26(15-20)34-11-10-33-9-8-30)27(32)28-23-13-18-6-7-19(23)12-18/h2-5,14,16,18-20,23,26,30H,6-13,15H2,1H3,(H,28,32)/t18?,19?,20-,23?,26+/m0/s1. The Labute approximate surface area is 205 Å². The molecule has 1 aromatic carbocycles. The van der Waals surface area contributed by atoms with Crippen LogP contribution in [-0.4, -0.2) is 60.2 Å². The van der Waals surface area contributed by atoms with Crippen molar-refractivity contribution in [2.45, 2.75) is 57.3 Å². The maximum atomic E-state index is 13.3. The van der Waals surface area contributed by atoms with Gasteiger partial charge in [0.15, 0.2) is 5.76 Å². The summed E-state index contributed by atoms with van der Waals surface area (Å²) < 4.78 is 18.9. The number of rotatable bonds is 9. The van der Waals surface area contributed by atoms with Crippen LogP contribution in [0.2, 0.25) is 0 Å². The van der Waals surface area contributed by atoms with Crippen molar-refractivity contribution < 1.29 is 28.9 Å². The van der Waals surface area contributed by atoms with E-state index in [0.29, 0.717) is 18.9 Å². The van der Waals surface area contributed by atoms with Gasteiger partial charge in [0, 0.05) is 36.9 Å². The van der Waals surface area contributed by atoms with E-state index < -0.39 is 6.29 Å². The molecule has 1 amide bonds. The van der Waals surface area contributed by atoms with Gasteiger partial charge >= 0.3 is 0 Å². The summed E-state index contributed by atoms with van der Waals surface area (Å²) in [6, 6.07) is 8.00. The molecule has 3 aliphatic rings. The quantitative estimate of drug-likeness (QED) is 0.532. The number of nitrogens with zero attached hydrogens (tertiary/aromatic N) is 1. The van der Waals surface area contributed by atoms with Gasteiger partial charge in [0.2, 0.25) is 12.2 Å². The van der Waals surface area contributed by atoms with Crippen molar-refractivity contribution in [2.75, 3.05) is 26.4 Å². The number of ether oxygens (including phenoxy) is 3. The van der Waals surface area contributed by atoms with Crippen LogP contribution < -0.4 is 5.32 Å². The molecule has 2 N–H and O–H groups in total.